The number of nitrogens with zero attached hydrogens (tertiary/aromatic N) is 1. The first-order valence-corrected chi connectivity index (χ1v) is 8.41. The Balaban J connectivity index is 1.95. The fourth-order valence-electron chi connectivity index (χ4n) is 3.05. The van der Waals surface area contributed by atoms with Gasteiger partial charge in [0.1, 0.15) is 0 Å². The fourth-order valence-corrected chi connectivity index (χ4v) is 3.05. The predicted octanol–water partition coefficient (Wildman–Crippen LogP) is 3.99. The van der Waals surface area contributed by atoms with Crippen molar-refractivity contribution < 1.29 is 0 Å². The highest BCUT2D eigenvalue weighted by atomic mass is 15.1. The van der Waals surface area contributed by atoms with Crippen LogP contribution in [0.1, 0.15) is 57.1 Å². The van der Waals surface area contributed by atoms with Gasteiger partial charge >= 0.3 is 0 Å². The summed E-state index contributed by atoms with van der Waals surface area (Å²) in [5.74, 6) is 0. The highest BCUT2D eigenvalue weighted by molar-refractivity contribution is 5.19. The number of rotatable bonds is 6. The molecule has 1 unspecified atom stereocenters. The van der Waals surface area contributed by atoms with Crippen LogP contribution in [-0.4, -0.2) is 31.1 Å². The highest BCUT2D eigenvalue weighted by Crippen LogP contribution is 2.17. The first-order valence-electron chi connectivity index (χ1n) is 8.41. The maximum Gasteiger partial charge on any atom is 0.0449 e. The number of likely N-dealkylation sites (tertiary alicyclic amines) is 1. The summed E-state index contributed by atoms with van der Waals surface area (Å²) in [6.45, 7) is 7.05. The maximum absolute atomic E-state index is 3.73. The average Bonchev–Trinajstić information content (AvgIpc) is 2.46. The lowest BCUT2D eigenvalue weighted by Gasteiger charge is -2.29. The van der Waals surface area contributed by atoms with E-state index in [1.165, 1.54) is 57.2 Å². The van der Waals surface area contributed by atoms with E-state index in [4.69, 9.17) is 0 Å². The van der Waals surface area contributed by atoms with Crippen LogP contribution in [0.2, 0.25) is 0 Å². The fraction of sp³-hybridized carbons (Fsp3) is 0.667. The molecule has 0 radical (unpaired) electrons. The van der Waals surface area contributed by atoms with Gasteiger partial charge in [0.2, 0.25) is 0 Å². The monoisotopic (exact) mass is 274 g/mol. The molecule has 1 heterocycles. The Bertz CT molecular complexity index is 342. The molecule has 2 rings (SSSR count). The van der Waals surface area contributed by atoms with Gasteiger partial charge in [0.15, 0.2) is 0 Å². The van der Waals surface area contributed by atoms with Gasteiger partial charge in [-0.15, -0.1) is 0 Å². The molecule has 0 amide bonds. The van der Waals surface area contributed by atoms with Crippen molar-refractivity contribution in [3.8, 4) is 0 Å². The van der Waals surface area contributed by atoms with E-state index in [0.717, 1.165) is 13.1 Å². The molecule has 1 atom stereocenters. The van der Waals surface area contributed by atoms with E-state index < -0.39 is 0 Å². The summed E-state index contributed by atoms with van der Waals surface area (Å²) >= 11 is 0. The van der Waals surface area contributed by atoms with Crippen molar-refractivity contribution in [2.24, 2.45) is 0 Å². The molecule has 1 aliphatic rings. The topological polar surface area (TPSA) is 15.3 Å². The molecule has 0 saturated carbocycles. The molecule has 112 valence electrons. The molecule has 2 heteroatoms. The smallest absolute Gasteiger partial charge is 0.0449 e. The molecule has 1 aromatic rings. The van der Waals surface area contributed by atoms with Gasteiger partial charge < -0.3 is 10.2 Å². The van der Waals surface area contributed by atoms with Crippen LogP contribution in [0.5, 0.6) is 0 Å². The maximum atomic E-state index is 3.73. The Hall–Kier alpha value is -0.860. The van der Waals surface area contributed by atoms with Crippen LogP contribution >= 0.6 is 0 Å². The molecule has 1 aliphatic heterocycles. The summed E-state index contributed by atoms with van der Waals surface area (Å²) in [4.78, 5) is 2.67. The zero-order valence-electron chi connectivity index (χ0n) is 13.0. The summed E-state index contributed by atoms with van der Waals surface area (Å²) in [5, 5.41) is 3.73. The largest absolute Gasteiger partial charge is 0.309 e. The SMILES string of the molecule is CCCNC(CN1CCCCCCC1)c1ccccc1. The van der Waals surface area contributed by atoms with Crippen LogP contribution in [0.15, 0.2) is 30.3 Å². The average molecular weight is 274 g/mol. The summed E-state index contributed by atoms with van der Waals surface area (Å²) in [6.07, 6.45) is 8.20. The van der Waals surface area contributed by atoms with Crippen molar-refractivity contribution in [3.63, 3.8) is 0 Å². The minimum absolute atomic E-state index is 0.482. The lowest BCUT2D eigenvalue weighted by molar-refractivity contribution is 0.222. The minimum atomic E-state index is 0.482. The second-order valence-electron chi connectivity index (χ2n) is 5.99. The van der Waals surface area contributed by atoms with E-state index in [1.807, 2.05) is 0 Å². The number of hydrogen-bond acceptors (Lipinski definition) is 2. The van der Waals surface area contributed by atoms with E-state index in [-0.39, 0.29) is 0 Å². The minimum Gasteiger partial charge on any atom is -0.309 e. The second-order valence-corrected chi connectivity index (χ2v) is 5.99. The summed E-state index contributed by atoms with van der Waals surface area (Å²) in [6, 6.07) is 11.4. The van der Waals surface area contributed by atoms with Crippen LogP contribution in [0.4, 0.5) is 0 Å². The van der Waals surface area contributed by atoms with Crippen molar-refractivity contribution in [3.05, 3.63) is 35.9 Å². The van der Waals surface area contributed by atoms with Gasteiger partial charge in [0.05, 0.1) is 0 Å². The van der Waals surface area contributed by atoms with E-state index in [2.05, 4.69) is 47.5 Å². The molecule has 1 fully saturated rings. The van der Waals surface area contributed by atoms with E-state index in [0.29, 0.717) is 6.04 Å². The van der Waals surface area contributed by atoms with Gasteiger partial charge in [0, 0.05) is 12.6 Å². The summed E-state index contributed by atoms with van der Waals surface area (Å²) < 4.78 is 0. The van der Waals surface area contributed by atoms with Gasteiger partial charge in [-0.3, -0.25) is 0 Å². The van der Waals surface area contributed by atoms with Crippen molar-refractivity contribution in [2.45, 2.75) is 51.5 Å². The number of benzene rings is 1. The Labute approximate surface area is 124 Å². The molecular formula is C18H30N2. The molecular weight excluding hydrogens is 244 g/mol. The molecule has 2 nitrogen and oxygen atoms in total. The Morgan fingerprint density at radius 2 is 1.65 bits per heavy atom. The zero-order valence-corrected chi connectivity index (χ0v) is 13.0. The normalized spacial score (nSPS) is 19.2. The van der Waals surface area contributed by atoms with Gasteiger partial charge in [0.25, 0.3) is 0 Å². The lowest BCUT2D eigenvalue weighted by Crippen LogP contribution is -2.37. The first kappa shape index (κ1) is 15.5. The van der Waals surface area contributed by atoms with Crippen LogP contribution in [0, 0.1) is 0 Å². The quantitative estimate of drug-likeness (QED) is 0.843. The van der Waals surface area contributed by atoms with E-state index in [9.17, 15) is 0 Å². The molecule has 0 aliphatic carbocycles. The molecule has 0 spiro atoms. The summed E-state index contributed by atoms with van der Waals surface area (Å²) in [7, 11) is 0. The molecule has 0 bridgehead atoms. The van der Waals surface area contributed by atoms with Crippen molar-refractivity contribution in [1.82, 2.24) is 10.2 Å². The second kappa shape index (κ2) is 9.15. The van der Waals surface area contributed by atoms with Crippen LogP contribution in [0.25, 0.3) is 0 Å². The Morgan fingerprint density at radius 1 is 1.00 bits per heavy atom. The molecule has 20 heavy (non-hydrogen) atoms. The molecule has 1 saturated heterocycles. The standard InChI is InChI=1S/C18H30N2/c1-2-13-19-18(17-11-7-6-8-12-17)16-20-14-9-4-3-5-10-15-20/h6-8,11-12,18-19H,2-5,9-10,13-16H2,1H3. The van der Waals surface area contributed by atoms with Crippen LogP contribution in [0.3, 0.4) is 0 Å². The van der Waals surface area contributed by atoms with Crippen LogP contribution in [-0.2, 0) is 0 Å². The predicted molar refractivity (Wildman–Crippen MR) is 87.0 cm³/mol. The Morgan fingerprint density at radius 3 is 2.30 bits per heavy atom. The molecule has 1 N–H and O–H groups in total. The molecule has 1 aromatic carbocycles. The van der Waals surface area contributed by atoms with Crippen molar-refractivity contribution in [1.29, 1.82) is 0 Å². The highest BCUT2D eigenvalue weighted by Gasteiger charge is 2.16. The Kier molecular flexibility index (Phi) is 7.10. The van der Waals surface area contributed by atoms with Crippen LogP contribution < -0.4 is 5.32 Å². The summed E-state index contributed by atoms with van der Waals surface area (Å²) in [5.41, 5.74) is 1.43. The lowest BCUT2D eigenvalue weighted by atomic mass is 10.0. The zero-order chi connectivity index (χ0) is 14.0. The molecule has 0 aromatic heterocycles. The number of hydrogen-bond donors (Lipinski definition) is 1. The van der Waals surface area contributed by atoms with E-state index >= 15 is 0 Å². The van der Waals surface area contributed by atoms with Gasteiger partial charge in [-0.1, -0.05) is 56.5 Å². The van der Waals surface area contributed by atoms with Gasteiger partial charge in [-0.05, 0) is 44.5 Å². The van der Waals surface area contributed by atoms with E-state index in [1.54, 1.807) is 0 Å². The third-order valence-corrected chi connectivity index (χ3v) is 4.23. The van der Waals surface area contributed by atoms with Crippen molar-refractivity contribution >= 4 is 0 Å². The first-order chi connectivity index (χ1) is 9.90. The van der Waals surface area contributed by atoms with Gasteiger partial charge in [-0.2, -0.15) is 0 Å². The third-order valence-electron chi connectivity index (χ3n) is 4.23. The van der Waals surface area contributed by atoms with Gasteiger partial charge in [-0.25, -0.2) is 0 Å². The van der Waals surface area contributed by atoms with Crippen molar-refractivity contribution in [2.75, 3.05) is 26.2 Å². The number of nitrogens with one attached hydrogen (secondary N) is 1. The third kappa shape index (κ3) is 5.26.